The maximum atomic E-state index is 12.8. The van der Waals surface area contributed by atoms with Crippen LogP contribution in [0.1, 0.15) is 69.1 Å². The van der Waals surface area contributed by atoms with Gasteiger partial charge in [-0.25, -0.2) is 4.79 Å². The van der Waals surface area contributed by atoms with E-state index in [9.17, 15) is 19.5 Å². The Kier molecular flexibility index (Phi) is 10.7. The van der Waals surface area contributed by atoms with Crippen molar-refractivity contribution in [2.75, 3.05) is 19.7 Å². The molecule has 2 aromatic rings. The van der Waals surface area contributed by atoms with E-state index in [0.717, 1.165) is 11.1 Å². The molecule has 11 heteroatoms. The quantitative estimate of drug-likeness (QED) is 0.328. The average molecular weight is 614 g/mol. The van der Waals surface area contributed by atoms with Gasteiger partial charge in [0.1, 0.15) is 11.9 Å². The smallest absolute Gasteiger partial charge is 0.405 e. The lowest BCUT2D eigenvalue weighted by atomic mass is 9.84. The largest absolute Gasteiger partial charge is 0.484 e. The molecule has 1 unspecified atom stereocenters. The average Bonchev–Trinajstić information content (AvgIpc) is 3.27. The van der Waals surface area contributed by atoms with Gasteiger partial charge in [0.15, 0.2) is 14.9 Å². The van der Waals surface area contributed by atoms with Gasteiger partial charge >= 0.3 is 6.09 Å². The van der Waals surface area contributed by atoms with Crippen molar-refractivity contribution in [3.05, 3.63) is 65.2 Å². The van der Waals surface area contributed by atoms with Crippen LogP contribution in [0, 0.1) is 5.41 Å². The van der Waals surface area contributed by atoms with Crippen LogP contribution in [0.4, 0.5) is 4.79 Å². The Hall–Kier alpha value is -3.41. The molecule has 0 radical (unpaired) electrons. The summed E-state index contributed by atoms with van der Waals surface area (Å²) in [6, 6.07) is 14.0. The van der Waals surface area contributed by atoms with Crippen LogP contribution < -0.4 is 15.8 Å². The van der Waals surface area contributed by atoms with Crippen molar-refractivity contribution in [3.63, 3.8) is 0 Å². The molecular formula is C32H47N3O7Si. The highest BCUT2D eigenvalue weighted by molar-refractivity contribution is 6.74. The van der Waals surface area contributed by atoms with Crippen molar-refractivity contribution in [3.8, 4) is 5.75 Å². The number of carbonyl (C=O) groups is 3. The molecule has 1 aliphatic heterocycles. The van der Waals surface area contributed by atoms with Gasteiger partial charge < -0.3 is 35.0 Å². The molecule has 0 spiro atoms. The molecule has 1 aliphatic rings. The fourth-order valence-corrected chi connectivity index (χ4v) is 5.87. The molecule has 236 valence electrons. The molecule has 2 aromatic carbocycles. The molecule has 0 aliphatic carbocycles. The highest BCUT2D eigenvalue weighted by Gasteiger charge is 2.44. The molecule has 3 atom stereocenters. The predicted octanol–water partition coefficient (Wildman–Crippen LogP) is 4.77. The zero-order chi connectivity index (χ0) is 32.2. The number of aliphatic hydroxyl groups excluding tert-OH is 1. The summed E-state index contributed by atoms with van der Waals surface area (Å²) in [5, 5.41) is 13.4. The lowest BCUT2D eigenvalue weighted by molar-refractivity contribution is -0.132. The number of rotatable bonds is 10. The number of primary amides is 1. The van der Waals surface area contributed by atoms with E-state index in [0.29, 0.717) is 24.4 Å². The summed E-state index contributed by atoms with van der Waals surface area (Å²) in [6.45, 7) is 17.2. The molecule has 1 saturated heterocycles. The van der Waals surface area contributed by atoms with Crippen molar-refractivity contribution < 1.29 is 33.4 Å². The second-order valence-electron chi connectivity index (χ2n) is 13.7. The SMILES string of the molecule is CC(C)(C)C(OC(N)=O)c1ccc(C(=O)NCc2ccc(OCC(=O)N3C[C@@H](O)[C@H](O[Si](C)(C)C(C)(C)C)C3)cc2)cc1. The van der Waals surface area contributed by atoms with Crippen LogP contribution in [0.2, 0.25) is 18.1 Å². The van der Waals surface area contributed by atoms with E-state index in [1.807, 2.05) is 32.9 Å². The number of amides is 3. The number of nitrogens with one attached hydrogen (secondary N) is 1. The van der Waals surface area contributed by atoms with Gasteiger partial charge in [0.2, 0.25) is 0 Å². The molecule has 1 heterocycles. The Morgan fingerprint density at radius 2 is 1.60 bits per heavy atom. The van der Waals surface area contributed by atoms with E-state index >= 15 is 0 Å². The van der Waals surface area contributed by atoms with Crippen molar-refractivity contribution in [2.45, 2.75) is 84.5 Å². The van der Waals surface area contributed by atoms with E-state index < -0.39 is 32.7 Å². The highest BCUT2D eigenvalue weighted by atomic mass is 28.4. The Morgan fingerprint density at radius 1 is 1.00 bits per heavy atom. The number of aliphatic hydroxyl groups is 1. The first-order valence-corrected chi connectivity index (χ1v) is 17.5. The van der Waals surface area contributed by atoms with Crippen molar-refractivity contribution in [2.24, 2.45) is 11.1 Å². The van der Waals surface area contributed by atoms with Gasteiger partial charge in [-0.2, -0.15) is 0 Å². The molecule has 0 bridgehead atoms. The maximum absolute atomic E-state index is 12.8. The van der Waals surface area contributed by atoms with Crippen LogP contribution in [-0.2, 0) is 20.5 Å². The zero-order valence-electron chi connectivity index (χ0n) is 26.6. The minimum Gasteiger partial charge on any atom is -0.484 e. The van der Waals surface area contributed by atoms with Gasteiger partial charge in [-0.05, 0) is 53.5 Å². The lowest BCUT2D eigenvalue weighted by Gasteiger charge is -2.38. The standard InChI is InChI=1S/C32H47N3O7Si/c1-31(2,3)28(41-30(33)39)22-11-13-23(14-12-22)29(38)34-17-21-9-15-24(16-10-21)40-20-27(37)35-18-25(36)26(19-35)42-43(7,8)32(4,5)6/h9-16,25-26,28,36H,17-20H2,1-8H3,(H2,33,39)(H,34,38)/t25-,26-,28?/m1/s1. The summed E-state index contributed by atoms with van der Waals surface area (Å²) >= 11 is 0. The number of hydrogen-bond donors (Lipinski definition) is 3. The van der Waals surface area contributed by atoms with E-state index in [4.69, 9.17) is 19.6 Å². The van der Waals surface area contributed by atoms with Gasteiger partial charge in [-0.15, -0.1) is 0 Å². The number of hydrogen-bond acceptors (Lipinski definition) is 7. The molecule has 3 amide bonds. The maximum Gasteiger partial charge on any atom is 0.405 e. The first-order valence-electron chi connectivity index (χ1n) is 14.6. The number of nitrogens with zero attached hydrogens (tertiary/aromatic N) is 1. The lowest BCUT2D eigenvalue weighted by Crippen LogP contribution is -2.47. The molecule has 4 N–H and O–H groups in total. The van der Waals surface area contributed by atoms with Crippen LogP contribution in [0.25, 0.3) is 0 Å². The molecule has 1 fully saturated rings. The number of likely N-dealkylation sites (tertiary alicyclic amines) is 1. The van der Waals surface area contributed by atoms with E-state index in [1.54, 1.807) is 41.3 Å². The minimum absolute atomic E-state index is 0.00772. The highest BCUT2D eigenvalue weighted by Crippen LogP contribution is 2.38. The molecule has 3 rings (SSSR count). The first kappa shape index (κ1) is 34.1. The van der Waals surface area contributed by atoms with Gasteiger partial charge in [-0.1, -0.05) is 65.8 Å². The number of carbonyl (C=O) groups excluding carboxylic acids is 3. The third-order valence-electron chi connectivity index (χ3n) is 8.08. The summed E-state index contributed by atoms with van der Waals surface area (Å²) in [5.74, 6) is 0.0707. The van der Waals surface area contributed by atoms with Crippen molar-refractivity contribution in [1.82, 2.24) is 10.2 Å². The van der Waals surface area contributed by atoms with E-state index in [1.165, 1.54) is 0 Å². The monoisotopic (exact) mass is 613 g/mol. The summed E-state index contributed by atoms with van der Waals surface area (Å²) in [4.78, 5) is 38.4. The second-order valence-corrected chi connectivity index (χ2v) is 18.5. The summed E-state index contributed by atoms with van der Waals surface area (Å²) < 4.78 is 17.3. The van der Waals surface area contributed by atoms with Crippen molar-refractivity contribution in [1.29, 1.82) is 0 Å². The third-order valence-corrected chi connectivity index (χ3v) is 12.6. The van der Waals surface area contributed by atoms with E-state index in [-0.39, 0.29) is 35.4 Å². The number of benzene rings is 2. The summed E-state index contributed by atoms with van der Waals surface area (Å²) in [5.41, 5.74) is 6.95. The van der Waals surface area contributed by atoms with Crippen LogP contribution in [0.5, 0.6) is 5.75 Å². The summed E-state index contributed by atoms with van der Waals surface area (Å²) in [7, 11) is -2.08. The second kappa shape index (κ2) is 13.5. The third kappa shape index (κ3) is 9.28. The normalized spacial score (nSPS) is 18.2. The number of ether oxygens (including phenoxy) is 2. The van der Waals surface area contributed by atoms with Crippen LogP contribution in [0.15, 0.2) is 48.5 Å². The Morgan fingerprint density at radius 3 is 2.14 bits per heavy atom. The first-order chi connectivity index (χ1) is 19.9. The van der Waals surface area contributed by atoms with Crippen LogP contribution in [-0.4, -0.2) is 68.1 Å². The minimum atomic E-state index is -2.08. The Labute approximate surface area is 256 Å². The predicted molar refractivity (Wildman–Crippen MR) is 167 cm³/mol. The van der Waals surface area contributed by atoms with Gasteiger partial charge in [0, 0.05) is 30.6 Å². The Bertz CT molecular complexity index is 1270. The Balaban J connectivity index is 1.48. The molecule has 43 heavy (non-hydrogen) atoms. The molecule has 0 aromatic heterocycles. The zero-order valence-corrected chi connectivity index (χ0v) is 27.6. The summed E-state index contributed by atoms with van der Waals surface area (Å²) in [6.07, 6.45) is -2.51. The fraction of sp³-hybridized carbons (Fsp3) is 0.531. The van der Waals surface area contributed by atoms with Gasteiger partial charge in [-0.3, -0.25) is 9.59 Å². The topological polar surface area (TPSA) is 140 Å². The number of nitrogens with two attached hydrogens (primary N) is 1. The molecule has 10 nitrogen and oxygen atoms in total. The van der Waals surface area contributed by atoms with Crippen molar-refractivity contribution >= 4 is 26.2 Å². The fourth-order valence-electron chi connectivity index (χ4n) is 4.53. The van der Waals surface area contributed by atoms with Gasteiger partial charge in [0.05, 0.1) is 12.2 Å². The number of β-amino-alcohol motifs (C(OH)–C–C–N with tert-alkyl or cyclic N) is 1. The van der Waals surface area contributed by atoms with Crippen LogP contribution >= 0.6 is 0 Å². The van der Waals surface area contributed by atoms with Crippen LogP contribution in [0.3, 0.4) is 0 Å². The molecular weight excluding hydrogens is 566 g/mol. The van der Waals surface area contributed by atoms with Gasteiger partial charge in [0.25, 0.3) is 11.8 Å². The van der Waals surface area contributed by atoms with E-state index in [2.05, 4.69) is 39.2 Å². The molecule has 0 saturated carbocycles.